The van der Waals surface area contributed by atoms with Crippen LogP contribution in [0.15, 0.2) is 48.5 Å². The average Bonchev–Trinajstić information content (AvgIpc) is 2.65. The van der Waals surface area contributed by atoms with Crippen LogP contribution in [-0.4, -0.2) is 12.0 Å². The van der Waals surface area contributed by atoms with Gasteiger partial charge in [0.1, 0.15) is 25.0 Å². The number of benzene rings is 2. The van der Waals surface area contributed by atoms with Crippen molar-refractivity contribution in [2.24, 2.45) is 11.7 Å². The first-order chi connectivity index (χ1) is 12.0. The van der Waals surface area contributed by atoms with Gasteiger partial charge in [0, 0.05) is 0 Å². The maximum Gasteiger partial charge on any atom is 0.323 e. The Labute approximate surface area is 150 Å². The van der Waals surface area contributed by atoms with Gasteiger partial charge in [-0.25, -0.2) is 0 Å². The molecule has 0 bridgehead atoms. The van der Waals surface area contributed by atoms with Crippen molar-refractivity contribution in [3.05, 3.63) is 65.2 Å². The lowest BCUT2D eigenvalue weighted by Gasteiger charge is -2.16. The van der Waals surface area contributed by atoms with Crippen molar-refractivity contribution in [3.63, 3.8) is 0 Å². The zero-order valence-electron chi connectivity index (χ0n) is 15.2. The van der Waals surface area contributed by atoms with Crippen LogP contribution in [0.2, 0.25) is 0 Å². The Kier molecular flexibility index (Phi) is 7.02. The van der Waals surface area contributed by atoms with E-state index in [-0.39, 0.29) is 18.5 Å². The first kappa shape index (κ1) is 19.0. The minimum Gasteiger partial charge on any atom is -0.489 e. The van der Waals surface area contributed by atoms with Crippen LogP contribution >= 0.6 is 0 Å². The second kappa shape index (κ2) is 9.23. The molecule has 0 heterocycles. The van der Waals surface area contributed by atoms with E-state index in [2.05, 4.69) is 31.2 Å². The third-order valence-corrected chi connectivity index (χ3v) is 4.36. The summed E-state index contributed by atoms with van der Waals surface area (Å²) in [4.78, 5) is 11.9. The fourth-order valence-electron chi connectivity index (χ4n) is 2.27. The second-order valence-corrected chi connectivity index (χ2v) is 6.44. The van der Waals surface area contributed by atoms with Gasteiger partial charge in [0.15, 0.2) is 0 Å². The molecular formula is C21H27NO3. The largest absolute Gasteiger partial charge is 0.489 e. The highest BCUT2D eigenvalue weighted by Crippen LogP contribution is 2.16. The molecule has 2 unspecified atom stereocenters. The summed E-state index contributed by atoms with van der Waals surface area (Å²) in [6.45, 7) is 6.77. The molecule has 4 nitrogen and oxygen atoms in total. The van der Waals surface area contributed by atoms with Gasteiger partial charge in [-0.15, -0.1) is 0 Å². The third kappa shape index (κ3) is 5.91. The highest BCUT2D eigenvalue weighted by atomic mass is 16.5. The smallest absolute Gasteiger partial charge is 0.323 e. The van der Waals surface area contributed by atoms with Crippen molar-refractivity contribution < 1.29 is 14.3 Å². The van der Waals surface area contributed by atoms with Crippen LogP contribution in [0.5, 0.6) is 5.75 Å². The summed E-state index contributed by atoms with van der Waals surface area (Å²) in [7, 11) is 0. The first-order valence-corrected chi connectivity index (χ1v) is 8.69. The predicted octanol–water partition coefficient (Wildman–Crippen LogP) is 3.99. The van der Waals surface area contributed by atoms with Gasteiger partial charge in [-0.2, -0.15) is 0 Å². The molecule has 2 aromatic rings. The molecule has 0 saturated carbocycles. The van der Waals surface area contributed by atoms with Crippen LogP contribution in [0.25, 0.3) is 0 Å². The molecule has 0 spiro atoms. The summed E-state index contributed by atoms with van der Waals surface area (Å²) in [5.41, 5.74) is 9.14. The predicted molar refractivity (Wildman–Crippen MR) is 99.2 cm³/mol. The number of hydrogen-bond acceptors (Lipinski definition) is 4. The number of ether oxygens (including phenoxy) is 2. The fourth-order valence-corrected chi connectivity index (χ4v) is 2.27. The van der Waals surface area contributed by atoms with Crippen LogP contribution in [0, 0.1) is 12.8 Å². The Morgan fingerprint density at radius 2 is 1.56 bits per heavy atom. The number of nitrogens with two attached hydrogens (primary N) is 1. The summed E-state index contributed by atoms with van der Waals surface area (Å²) in [5.74, 6) is 0.547. The summed E-state index contributed by atoms with van der Waals surface area (Å²) in [5, 5.41) is 0. The van der Waals surface area contributed by atoms with Gasteiger partial charge in [0.25, 0.3) is 0 Å². The Hall–Kier alpha value is -2.33. The average molecular weight is 341 g/mol. The van der Waals surface area contributed by atoms with Crippen molar-refractivity contribution >= 4 is 5.97 Å². The lowest BCUT2D eigenvalue weighted by atomic mass is 10.0. The number of aryl methyl sites for hydroxylation is 1. The van der Waals surface area contributed by atoms with Gasteiger partial charge in [-0.1, -0.05) is 62.2 Å². The minimum absolute atomic E-state index is 0.116. The minimum atomic E-state index is -0.567. The summed E-state index contributed by atoms with van der Waals surface area (Å²) >= 11 is 0. The molecule has 0 fully saturated rings. The van der Waals surface area contributed by atoms with Gasteiger partial charge < -0.3 is 15.2 Å². The Balaban J connectivity index is 1.81. The second-order valence-electron chi connectivity index (χ2n) is 6.44. The van der Waals surface area contributed by atoms with Crippen molar-refractivity contribution in [1.82, 2.24) is 0 Å². The van der Waals surface area contributed by atoms with Crippen LogP contribution in [0.3, 0.4) is 0 Å². The molecule has 0 aliphatic rings. The van der Waals surface area contributed by atoms with E-state index in [0.29, 0.717) is 6.61 Å². The first-order valence-electron chi connectivity index (χ1n) is 8.69. The van der Waals surface area contributed by atoms with Crippen LogP contribution in [-0.2, 0) is 22.7 Å². The van der Waals surface area contributed by atoms with E-state index in [1.165, 1.54) is 5.56 Å². The van der Waals surface area contributed by atoms with Crippen molar-refractivity contribution in [2.75, 3.05) is 0 Å². The molecule has 134 valence electrons. The van der Waals surface area contributed by atoms with Crippen LogP contribution < -0.4 is 10.5 Å². The monoisotopic (exact) mass is 341 g/mol. The fraction of sp³-hybridized carbons (Fsp3) is 0.381. The van der Waals surface area contributed by atoms with E-state index in [4.69, 9.17) is 15.2 Å². The van der Waals surface area contributed by atoms with E-state index < -0.39 is 6.04 Å². The highest BCUT2D eigenvalue weighted by molar-refractivity contribution is 5.75. The quantitative estimate of drug-likeness (QED) is 0.738. The maximum atomic E-state index is 11.9. The van der Waals surface area contributed by atoms with E-state index >= 15 is 0 Å². The lowest BCUT2D eigenvalue weighted by molar-refractivity contribution is -0.147. The Bertz CT molecular complexity index is 665. The van der Waals surface area contributed by atoms with E-state index in [0.717, 1.165) is 23.3 Å². The number of esters is 1. The van der Waals surface area contributed by atoms with Crippen LogP contribution in [0.4, 0.5) is 0 Å². The molecule has 2 rings (SSSR count). The molecule has 2 aromatic carbocycles. The number of carbonyl (C=O) groups is 1. The SMILES string of the molecule is CCC(C)C(N)C(=O)OCc1ccc(OCc2ccc(C)cc2)cc1. The van der Waals surface area contributed by atoms with E-state index in [1.54, 1.807) is 0 Å². The Morgan fingerprint density at radius 3 is 2.16 bits per heavy atom. The zero-order chi connectivity index (χ0) is 18.2. The molecule has 0 saturated heterocycles. The molecule has 4 heteroatoms. The summed E-state index contributed by atoms with van der Waals surface area (Å²) in [6, 6.07) is 15.2. The van der Waals surface area contributed by atoms with Gasteiger partial charge >= 0.3 is 5.97 Å². The van der Waals surface area contributed by atoms with Crippen molar-refractivity contribution in [2.45, 2.75) is 46.4 Å². The van der Waals surface area contributed by atoms with Gasteiger partial charge in [0.05, 0.1) is 0 Å². The molecule has 25 heavy (non-hydrogen) atoms. The van der Waals surface area contributed by atoms with Crippen molar-refractivity contribution in [1.29, 1.82) is 0 Å². The zero-order valence-corrected chi connectivity index (χ0v) is 15.2. The van der Waals surface area contributed by atoms with Gasteiger partial charge in [-0.05, 0) is 36.1 Å². The number of rotatable bonds is 8. The van der Waals surface area contributed by atoms with E-state index in [1.807, 2.05) is 38.1 Å². The summed E-state index contributed by atoms with van der Waals surface area (Å²) < 4.78 is 11.1. The normalized spacial score (nSPS) is 13.1. The number of carbonyl (C=O) groups excluding carboxylic acids is 1. The topological polar surface area (TPSA) is 61.6 Å². The Morgan fingerprint density at radius 1 is 1.00 bits per heavy atom. The third-order valence-electron chi connectivity index (χ3n) is 4.36. The standard InChI is InChI=1S/C21H27NO3/c1-4-16(3)20(22)21(23)25-14-18-9-11-19(12-10-18)24-13-17-7-5-15(2)6-8-17/h5-12,16,20H,4,13-14,22H2,1-3H3. The lowest BCUT2D eigenvalue weighted by Crippen LogP contribution is -2.37. The van der Waals surface area contributed by atoms with Crippen LogP contribution in [0.1, 0.15) is 37.0 Å². The van der Waals surface area contributed by atoms with Gasteiger partial charge in [0.2, 0.25) is 0 Å². The molecule has 0 aliphatic carbocycles. The molecule has 2 N–H and O–H groups in total. The number of hydrogen-bond donors (Lipinski definition) is 1. The highest BCUT2D eigenvalue weighted by Gasteiger charge is 2.20. The molecule has 0 aliphatic heterocycles. The molecular weight excluding hydrogens is 314 g/mol. The molecule has 0 aromatic heterocycles. The van der Waals surface area contributed by atoms with Gasteiger partial charge in [-0.3, -0.25) is 4.79 Å². The molecule has 0 radical (unpaired) electrons. The van der Waals surface area contributed by atoms with E-state index in [9.17, 15) is 4.79 Å². The molecule has 0 amide bonds. The molecule has 2 atom stereocenters. The summed E-state index contributed by atoms with van der Waals surface area (Å²) in [6.07, 6.45) is 0.850. The van der Waals surface area contributed by atoms with Crippen molar-refractivity contribution in [3.8, 4) is 5.75 Å². The maximum absolute atomic E-state index is 11.9.